The summed E-state index contributed by atoms with van der Waals surface area (Å²) in [6.45, 7) is 3.61. The molecule has 1 aliphatic rings. The Balaban J connectivity index is 2.34. The lowest BCUT2D eigenvalue weighted by Crippen LogP contribution is -2.27. The van der Waals surface area contributed by atoms with Gasteiger partial charge in [-0.05, 0) is 26.7 Å². The fourth-order valence-corrected chi connectivity index (χ4v) is 2.38. The molecule has 1 rings (SSSR count). The number of carbonyl (C=O) groups is 3. The molecule has 1 N–H and O–H groups in total. The minimum absolute atomic E-state index is 0.155. The van der Waals surface area contributed by atoms with E-state index in [2.05, 4.69) is 0 Å². The molecule has 0 spiro atoms. The van der Waals surface area contributed by atoms with E-state index in [1.807, 2.05) is 6.92 Å². The number of aliphatic carboxylic acids is 1. The van der Waals surface area contributed by atoms with Gasteiger partial charge in [-0.1, -0.05) is 18.4 Å². The van der Waals surface area contributed by atoms with E-state index >= 15 is 0 Å². The number of esters is 1. The Morgan fingerprint density at radius 3 is 2.35 bits per heavy atom. The van der Waals surface area contributed by atoms with Gasteiger partial charge in [0.25, 0.3) is 0 Å². The number of cyclic esters (lactones) is 1. The highest BCUT2D eigenvalue weighted by Gasteiger charge is 2.28. The minimum Gasteiger partial charge on any atom is -0.481 e. The van der Waals surface area contributed by atoms with Gasteiger partial charge in [-0.2, -0.15) is 0 Å². The normalized spacial score (nSPS) is 18.9. The number of ketones is 1. The average molecular weight is 282 g/mol. The van der Waals surface area contributed by atoms with Crippen LogP contribution in [0.4, 0.5) is 0 Å². The van der Waals surface area contributed by atoms with Gasteiger partial charge in [-0.3, -0.25) is 9.59 Å². The van der Waals surface area contributed by atoms with Crippen LogP contribution in [0.5, 0.6) is 0 Å². The van der Waals surface area contributed by atoms with E-state index in [1.54, 1.807) is 6.92 Å². The van der Waals surface area contributed by atoms with E-state index in [0.717, 1.165) is 18.4 Å². The van der Waals surface area contributed by atoms with E-state index in [-0.39, 0.29) is 23.9 Å². The molecule has 5 heteroatoms. The standard InChI is InChI=1S/C15H22O5/c1-10-9-11(2)20-15(19)14(10)12(16)7-5-3-4-6-8-13(17)18/h11H,3-9H2,1-2H3,(H,17,18). The zero-order valence-electron chi connectivity index (χ0n) is 12.1. The van der Waals surface area contributed by atoms with Crippen LogP contribution >= 0.6 is 0 Å². The molecule has 0 amide bonds. The zero-order chi connectivity index (χ0) is 15.1. The molecular weight excluding hydrogens is 260 g/mol. The maximum absolute atomic E-state index is 12.0. The molecular formula is C15H22O5. The summed E-state index contributed by atoms with van der Waals surface area (Å²) in [5.74, 6) is -1.45. The number of ether oxygens (including phenoxy) is 1. The van der Waals surface area contributed by atoms with Crippen molar-refractivity contribution >= 4 is 17.7 Å². The third kappa shape index (κ3) is 5.15. The molecule has 0 aliphatic carbocycles. The Morgan fingerprint density at radius 1 is 1.20 bits per heavy atom. The van der Waals surface area contributed by atoms with Crippen molar-refractivity contribution in [3.05, 3.63) is 11.1 Å². The number of carboxylic acid groups (broad SMARTS) is 1. The third-order valence-corrected chi connectivity index (χ3v) is 3.36. The fraction of sp³-hybridized carbons (Fsp3) is 0.667. The molecule has 0 saturated carbocycles. The molecule has 112 valence electrons. The Bertz CT molecular complexity index is 422. The quantitative estimate of drug-likeness (QED) is 0.420. The average Bonchev–Trinajstić information content (AvgIpc) is 2.31. The lowest BCUT2D eigenvalue weighted by Gasteiger charge is -2.22. The number of hydrogen-bond donors (Lipinski definition) is 1. The van der Waals surface area contributed by atoms with Crippen LogP contribution in [-0.4, -0.2) is 28.9 Å². The van der Waals surface area contributed by atoms with Gasteiger partial charge in [0.05, 0.1) is 0 Å². The van der Waals surface area contributed by atoms with Crippen LogP contribution in [-0.2, 0) is 19.1 Å². The Labute approximate surface area is 119 Å². The molecule has 1 aliphatic heterocycles. The van der Waals surface area contributed by atoms with E-state index in [4.69, 9.17) is 9.84 Å². The van der Waals surface area contributed by atoms with Gasteiger partial charge in [-0.25, -0.2) is 4.79 Å². The van der Waals surface area contributed by atoms with Crippen LogP contribution in [0.1, 0.15) is 58.8 Å². The smallest absolute Gasteiger partial charge is 0.341 e. The molecule has 0 bridgehead atoms. The third-order valence-electron chi connectivity index (χ3n) is 3.36. The van der Waals surface area contributed by atoms with Crippen molar-refractivity contribution in [3.63, 3.8) is 0 Å². The summed E-state index contributed by atoms with van der Waals surface area (Å²) in [5, 5.41) is 8.50. The molecule has 0 aromatic heterocycles. The highest BCUT2D eigenvalue weighted by molar-refractivity contribution is 6.18. The zero-order valence-corrected chi connectivity index (χ0v) is 12.1. The van der Waals surface area contributed by atoms with E-state index in [9.17, 15) is 14.4 Å². The van der Waals surface area contributed by atoms with Gasteiger partial charge >= 0.3 is 11.9 Å². The summed E-state index contributed by atoms with van der Waals surface area (Å²) in [6, 6.07) is 0. The minimum atomic E-state index is -0.791. The van der Waals surface area contributed by atoms with Crippen LogP contribution in [0.2, 0.25) is 0 Å². The maximum atomic E-state index is 12.0. The first-order chi connectivity index (χ1) is 9.41. The van der Waals surface area contributed by atoms with Crippen LogP contribution < -0.4 is 0 Å². The van der Waals surface area contributed by atoms with Crippen LogP contribution in [0.15, 0.2) is 11.1 Å². The highest BCUT2D eigenvalue weighted by atomic mass is 16.5. The second-order valence-corrected chi connectivity index (χ2v) is 5.31. The van der Waals surface area contributed by atoms with Crippen LogP contribution in [0, 0.1) is 0 Å². The Hall–Kier alpha value is -1.65. The largest absolute Gasteiger partial charge is 0.481 e. The van der Waals surface area contributed by atoms with E-state index in [0.29, 0.717) is 25.7 Å². The first-order valence-corrected chi connectivity index (χ1v) is 7.07. The van der Waals surface area contributed by atoms with Crippen molar-refractivity contribution in [1.29, 1.82) is 0 Å². The van der Waals surface area contributed by atoms with Gasteiger partial charge in [-0.15, -0.1) is 0 Å². The number of Topliss-reactive ketones (excluding diaryl/α,β-unsaturated/α-hetero) is 1. The predicted octanol–water partition coefficient (Wildman–Crippen LogP) is 2.63. The first-order valence-electron chi connectivity index (χ1n) is 7.07. The lowest BCUT2D eigenvalue weighted by molar-refractivity contribution is -0.146. The van der Waals surface area contributed by atoms with Crippen LogP contribution in [0.25, 0.3) is 0 Å². The number of carboxylic acids is 1. The van der Waals surface area contributed by atoms with Crippen molar-refractivity contribution in [1.82, 2.24) is 0 Å². The number of unbranched alkanes of at least 4 members (excludes halogenated alkanes) is 3. The lowest BCUT2D eigenvalue weighted by atomic mass is 9.95. The Kier molecular flexibility index (Phi) is 6.42. The van der Waals surface area contributed by atoms with Crippen molar-refractivity contribution in [3.8, 4) is 0 Å². The summed E-state index contributed by atoms with van der Waals surface area (Å²) in [6.07, 6.45) is 3.85. The number of hydrogen-bond acceptors (Lipinski definition) is 4. The van der Waals surface area contributed by atoms with Crippen LogP contribution in [0.3, 0.4) is 0 Å². The molecule has 0 fully saturated rings. The number of rotatable bonds is 8. The topological polar surface area (TPSA) is 80.7 Å². The van der Waals surface area contributed by atoms with Gasteiger partial charge < -0.3 is 9.84 Å². The van der Waals surface area contributed by atoms with E-state index in [1.165, 1.54) is 0 Å². The van der Waals surface area contributed by atoms with Gasteiger partial charge in [0.2, 0.25) is 0 Å². The molecule has 1 heterocycles. The molecule has 0 aromatic rings. The number of carbonyl (C=O) groups excluding carboxylic acids is 2. The second-order valence-electron chi connectivity index (χ2n) is 5.31. The van der Waals surface area contributed by atoms with Gasteiger partial charge in [0.15, 0.2) is 5.78 Å². The summed E-state index contributed by atoms with van der Waals surface area (Å²) in [4.78, 5) is 34.0. The first kappa shape index (κ1) is 16.4. The highest BCUT2D eigenvalue weighted by Crippen LogP contribution is 2.23. The predicted molar refractivity (Wildman–Crippen MR) is 73.2 cm³/mol. The van der Waals surface area contributed by atoms with Crippen molar-refractivity contribution in [2.24, 2.45) is 0 Å². The molecule has 1 atom stereocenters. The summed E-state index contributed by atoms with van der Waals surface area (Å²) in [5.41, 5.74) is 1.03. The SMILES string of the molecule is CC1=C(C(=O)CCCCCCC(=O)O)C(=O)OC(C)C1. The molecule has 5 nitrogen and oxygen atoms in total. The monoisotopic (exact) mass is 282 g/mol. The fourth-order valence-electron chi connectivity index (χ4n) is 2.38. The molecule has 1 unspecified atom stereocenters. The second kappa shape index (κ2) is 7.82. The summed E-state index contributed by atoms with van der Waals surface area (Å²) < 4.78 is 5.08. The summed E-state index contributed by atoms with van der Waals surface area (Å²) in [7, 11) is 0. The molecule has 0 radical (unpaired) electrons. The van der Waals surface area contributed by atoms with Crippen molar-refractivity contribution in [2.75, 3.05) is 0 Å². The van der Waals surface area contributed by atoms with Gasteiger partial charge in [0.1, 0.15) is 11.7 Å². The summed E-state index contributed by atoms with van der Waals surface area (Å²) >= 11 is 0. The van der Waals surface area contributed by atoms with Gasteiger partial charge in [0, 0.05) is 19.3 Å². The molecule has 20 heavy (non-hydrogen) atoms. The molecule has 0 saturated heterocycles. The van der Waals surface area contributed by atoms with Crippen molar-refractivity contribution < 1.29 is 24.2 Å². The Morgan fingerprint density at radius 2 is 1.80 bits per heavy atom. The molecule has 0 aromatic carbocycles. The van der Waals surface area contributed by atoms with E-state index < -0.39 is 11.9 Å². The van der Waals surface area contributed by atoms with Crippen molar-refractivity contribution in [2.45, 2.75) is 64.9 Å². The maximum Gasteiger partial charge on any atom is 0.341 e.